The van der Waals surface area contributed by atoms with E-state index in [1.807, 2.05) is 13.0 Å². The van der Waals surface area contributed by atoms with Crippen LogP contribution in [0.2, 0.25) is 0 Å². The van der Waals surface area contributed by atoms with E-state index in [1.165, 1.54) is 10.6 Å². The first-order valence-electron chi connectivity index (χ1n) is 11.3. The van der Waals surface area contributed by atoms with Crippen molar-refractivity contribution in [2.75, 3.05) is 19.8 Å². The van der Waals surface area contributed by atoms with Gasteiger partial charge in [0.05, 0.1) is 61.1 Å². The van der Waals surface area contributed by atoms with E-state index in [0.717, 1.165) is 5.56 Å². The standard InChI is InChI=1S/C23H30N4O6S/c1-16-3-2-4-20(9-16)34(30,31)27-12-18(28)13-32-14-22-21(27)6-5-19(33-22)10-23(29)25-11-17-7-8-24-15-26-17/h2-4,7-9,15,18-19,21-22,28H,5-6,10-14H2,1H3,(H,25,29)/t18-,19+,21-,22+/m1/s1. The van der Waals surface area contributed by atoms with Gasteiger partial charge in [0.2, 0.25) is 15.9 Å². The lowest BCUT2D eigenvalue weighted by molar-refractivity contribution is -0.146. The second-order valence-electron chi connectivity index (χ2n) is 8.71. The SMILES string of the molecule is Cc1cccc(S(=O)(=O)N2C[C@@H](O)COC[C@@H]3O[C@H](CC(=O)NCc4ccncn4)CC[C@H]32)c1. The van der Waals surface area contributed by atoms with E-state index >= 15 is 0 Å². The molecule has 2 aromatic rings. The van der Waals surface area contributed by atoms with Crippen LogP contribution < -0.4 is 5.32 Å². The van der Waals surface area contributed by atoms with Crippen LogP contribution in [0.5, 0.6) is 0 Å². The molecule has 2 saturated heterocycles. The van der Waals surface area contributed by atoms with Gasteiger partial charge in [-0.2, -0.15) is 4.31 Å². The van der Waals surface area contributed by atoms with Crippen molar-refractivity contribution in [3.8, 4) is 0 Å². The number of fused-ring (bicyclic) bond motifs is 1. The number of aliphatic hydroxyl groups is 1. The minimum Gasteiger partial charge on any atom is -0.389 e. The van der Waals surface area contributed by atoms with Crippen molar-refractivity contribution >= 4 is 15.9 Å². The van der Waals surface area contributed by atoms with Gasteiger partial charge in [0.1, 0.15) is 6.33 Å². The summed E-state index contributed by atoms with van der Waals surface area (Å²) in [4.78, 5) is 20.6. The molecular formula is C23H30N4O6S. The molecule has 2 N–H and O–H groups in total. The number of amides is 1. The number of hydrogen-bond acceptors (Lipinski definition) is 8. The highest BCUT2D eigenvalue weighted by Gasteiger charge is 2.43. The largest absolute Gasteiger partial charge is 0.389 e. The molecule has 0 bridgehead atoms. The Morgan fingerprint density at radius 3 is 2.88 bits per heavy atom. The van der Waals surface area contributed by atoms with Crippen molar-refractivity contribution in [2.24, 2.45) is 0 Å². The van der Waals surface area contributed by atoms with Crippen LogP contribution in [0.25, 0.3) is 0 Å². The van der Waals surface area contributed by atoms with Crippen molar-refractivity contribution < 1.29 is 27.8 Å². The fraction of sp³-hybridized carbons (Fsp3) is 0.522. The average molecular weight is 491 g/mol. The summed E-state index contributed by atoms with van der Waals surface area (Å²) >= 11 is 0. The Bertz CT molecular complexity index is 1080. The van der Waals surface area contributed by atoms with Gasteiger partial charge < -0.3 is 19.9 Å². The first-order valence-corrected chi connectivity index (χ1v) is 12.8. The molecule has 3 heterocycles. The molecule has 10 nitrogen and oxygen atoms in total. The Morgan fingerprint density at radius 2 is 2.12 bits per heavy atom. The monoisotopic (exact) mass is 490 g/mol. The predicted molar refractivity (Wildman–Crippen MR) is 122 cm³/mol. The normalized spacial score (nSPS) is 26.2. The van der Waals surface area contributed by atoms with Crippen LogP contribution in [-0.2, 0) is 30.8 Å². The molecule has 184 valence electrons. The number of aliphatic hydroxyl groups excluding tert-OH is 1. The summed E-state index contributed by atoms with van der Waals surface area (Å²) in [5, 5.41) is 13.2. The molecule has 2 aliphatic rings. The molecule has 0 radical (unpaired) electrons. The summed E-state index contributed by atoms with van der Waals surface area (Å²) < 4.78 is 40.2. The van der Waals surface area contributed by atoms with E-state index in [1.54, 1.807) is 30.5 Å². The molecule has 11 heteroatoms. The predicted octanol–water partition coefficient (Wildman–Crippen LogP) is 0.790. The lowest BCUT2D eigenvalue weighted by atomic mass is 9.96. The number of sulfonamides is 1. The number of ether oxygens (including phenoxy) is 2. The third kappa shape index (κ3) is 5.97. The lowest BCUT2D eigenvalue weighted by Crippen LogP contribution is -2.57. The number of aryl methyl sites for hydroxylation is 1. The van der Waals surface area contributed by atoms with Crippen LogP contribution in [-0.4, -0.2) is 77.8 Å². The van der Waals surface area contributed by atoms with Crippen molar-refractivity contribution in [1.82, 2.24) is 19.6 Å². The molecule has 0 spiro atoms. The van der Waals surface area contributed by atoms with Gasteiger partial charge in [-0.15, -0.1) is 0 Å². The second kappa shape index (κ2) is 10.9. The number of β-amino-alcohol motifs (C(OH)–C–C–N with tert-alkyl or cyclic N) is 1. The summed E-state index contributed by atoms with van der Waals surface area (Å²) in [5.74, 6) is -0.173. The molecular weight excluding hydrogens is 460 g/mol. The number of carbonyl (C=O) groups is 1. The molecule has 34 heavy (non-hydrogen) atoms. The molecule has 0 saturated carbocycles. The van der Waals surface area contributed by atoms with E-state index < -0.39 is 28.3 Å². The van der Waals surface area contributed by atoms with Gasteiger partial charge in [-0.1, -0.05) is 12.1 Å². The van der Waals surface area contributed by atoms with Crippen molar-refractivity contribution in [3.63, 3.8) is 0 Å². The second-order valence-corrected chi connectivity index (χ2v) is 10.6. The van der Waals surface area contributed by atoms with Gasteiger partial charge in [0.15, 0.2) is 0 Å². The fourth-order valence-electron chi connectivity index (χ4n) is 4.37. The van der Waals surface area contributed by atoms with Gasteiger partial charge in [-0.25, -0.2) is 18.4 Å². The summed E-state index contributed by atoms with van der Waals surface area (Å²) in [6.07, 6.45) is 2.36. The van der Waals surface area contributed by atoms with Gasteiger partial charge in [0.25, 0.3) is 0 Å². The van der Waals surface area contributed by atoms with Crippen LogP contribution in [0.3, 0.4) is 0 Å². The van der Waals surface area contributed by atoms with Crippen LogP contribution in [0.1, 0.15) is 30.5 Å². The molecule has 1 amide bonds. The van der Waals surface area contributed by atoms with E-state index in [2.05, 4.69) is 15.3 Å². The molecule has 1 aromatic heterocycles. The quantitative estimate of drug-likeness (QED) is 0.608. The molecule has 1 aromatic carbocycles. The van der Waals surface area contributed by atoms with Crippen molar-refractivity contribution in [2.45, 2.75) is 62.0 Å². The number of aromatic nitrogens is 2. The van der Waals surface area contributed by atoms with Gasteiger partial charge in [-0.3, -0.25) is 4.79 Å². The third-order valence-electron chi connectivity index (χ3n) is 6.05. The first-order chi connectivity index (χ1) is 16.3. The minimum absolute atomic E-state index is 0.0104. The number of carbonyl (C=O) groups excluding carboxylic acids is 1. The summed E-state index contributed by atoms with van der Waals surface area (Å²) in [5.41, 5.74) is 1.54. The number of benzene rings is 1. The molecule has 4 atom stereocenters. The Labute approximate surface area is 199 Å². The smallest absolute Gasteiger partial charge is 0.243 e. The topological polar surface area (TPSA) is 131 Å². The number of nitrogens with zero attached hydrogens (tertiary/aromatic N) is 3. The van der Waals surface area contributed by atoms with Gasteiger partial charge >= 0.3 is 0 Å². The van der Waals surface area contributed by atoms with Gasteiger partial charge in [-0.05, 0) is 43.5 Å². The van der Waals surface area contributed by atoms with Crippen LogP contribution in [0, 0.1) is 6.92 Å². The molecule has 0 unspecified atom stereocenters. The maximum absolute atomic E-state index is 13.5. The maximum atomic E-state index is 13.5. The lowest BCUT2D eigenvalue weighted by Gasteiger charge is -2.43. The molecule has 0 aliphatic carbocycles. The highest BCUT2D eigenvalue weighted by molar-refractivity contribution is 7.89. The molecule has 4 rings (SSSR count). The highest BCUT2D eigenvalue weighted by Crippen LogP contribution is 2.31. The van der Waals surface area contributed by atoms with E-state index in [4.69, 9.17) is 9.47 Å². The zero-order valence-corrected chi connectivity index (χ0v) is 19.9. The average Bonchev–Trinajstić information content (AvgIpc) is 2.81. The molecule has 2 aliphatic heterocycles. The van der Waals surface area contributed by atoms with Crippen LogP contribution >= 0.6 is 0 Å². The van der Waals surface area contributed by atoms with E-state index in [-0.39, 0.29) is 43.1 Å². The van der Waals surface area contributed by atoms with Gasteiger partial charge in [0, 0.05) is 12.7 Å². The Kier molecular flexibility index (Phi) is 7.89. The fourth-order valence-corrected chi connectivity index (χ4v) is 6.19. The number of hydrogen-bond donors (Lipinski definition) is 2. The zero-order valence-electron chi connectivity index (χ0n) is 19.0. The Balaban J connectivity index is 1.44. The van der Waals surface area contributed by atoms with Crippen molar-refractivity contribution in [1.29, 1.82) is 0 Å². The summed E-state index contributed by atoms with van der Waals surface area (Å²) in [6.45, 7) is 2.20. The van der Waals surface area contributed by atoms with E-state index in [9.17, 15) is 18.3 Å². The zero-order chi connectivity index (χ0) is 24.1. The summed E-state index contributed by atoms with van der Waals surface area (Å²) in [7, 11) is -3.86. The Morgan fingerprint density at radius 1 is 1.26 bits per heavy atom. The third-order valence-corrected chi connectivity index (χ3v) is 7.94. The molecule has 2 fully saturated rings. The van der Waals surface area contributed by atoms with Crippen LogP contribution in [0.4, 0.5) is 0 Å². The Hall–Kier alpha value is -2.44. The van der Waals surface area contributed by atoms with E-state index in [0.29, 0.717) is 25.1 Å². The highest BCUT2D eigenvalue weighted by atomic mass is 32.2. The van der Waals surface area contributed by atoms with Crippen LogP contribution in [0.15, 0.2) is 47.8 Å². The summed E-state index contributed by atoms with van der Waals surface area (Å²) in [6, 6.07) is 7.96. The van der Waals surface area contributed by atoms with Crippen molar-refractivity contribution in [3.05, 3.63) is 54.1 Å². The first kappa shape index (κ1) is 24.7. The number of nitrogens with one attached hydrogen (secondary N) is 1. The maximum Gasteiger partial charge on any atom is 0.243 e. The number of rotatable bonds is 6. The minimum atomic E-state index is -3.86.